The van der Waals surface area contributed by atoms with Crippen molar-refractivity contribution in [2.75, 3.05) is 20.1 Å². The van der Waals surface area contributed by atoms with Crippen molar-refractivity contribution in [3.8, 4) is 0 Å². The van der Waals surface area contributed by atoms with Gasteiger partial charge in [-0.3, -0.25) is 28.8 Å². The van der Waals surface area contributed by atoms with E-state index >= 15 is 0 Å². The molecule has 1 fully saturated rings. The van der Waals surface area contributed by atoms with E-state index in [2.05, 4.69) is 31.6 Å². The quantitative estimate of drug-likeness (QED) is 0.210. The number of likely N-dealkylation sites (N-methyl/N-ethyl adjacent to an activating group) is 1. The highest BCUT2D eigenvalue weighted by molar-refractivity contribution is 5.96. The number of aromatic nitrogens is 1. The summed E-state index contributed by atoms with van der Waals surface area (Å²) in [6, 6.07) is 13.1. The smallest absolute Gasteiger partial charge is 0.245 e. The van der Waals surface area contributed by atoms with Crippen LogP contribution in [-0.2, 0) is 41.6 Å². The highest BCUT2D eigenvalue weighted by Crippen LogP contribution is 2.19. The lowest BCUT2D eigenvalue weighted by Gasteiger charge is -2.28. The SMILES string of the molecule is CC(C)[C@H]1NC(=O)[C@@H](NC(=O)CCCc2c[nH]c3ccccc23)CCCNC(=O)CN(C)C(=O)[C@H](Cc2ccccc2)NC(=O)[C@@H](C)NC1=O. The molecule has 1 aliphatic heterocycles. The number of hydrogen-bond acceptors (Lipinski definition) is 6. The summed E-state index contributed by atoms with van der Waals surface area (Å²) in [5.41, 5.74) is 2.93. The summed E-state index contributed by atoms with van der Waals surface area (Å²) in [6.45, 7) is 4.96. The number of benzene rings is 2. The van der Waals surface area contributed by atoms with Crippen LogP contribution in [-0.4, -0.2) is 89.6 Å². The van der Waals surface area contributed by atoms with Crippen molar-refractivity contribution in [3.05, 3.63) is 71.9 Å². The van der Waals surface area contributed by atoms with Crippen LogP contribution in [0.25, 0.3) is 10.9 Å². The van der Waals surface area contributed by atoms with Crippen molar-refractivity contribution in [1.29, 1.82) is 0 Å². The number of aromatic amines is 1. The Morgan fingerprint density at radius 2 is 1.64 bits per heavy atom. The second kappa shape index (κ2) is 18.0. The summed E-state index contributed by atoms with van der Waals surface area (Å²) < 4.78 is 0. The van der Waals surface area contributed by atoms with E-state index in [1.807, 2.05) is 60.8 Å². The molecule has 2 aromatic carbocycles. The van der Waals surface area contributed by atoms with Gasteiger partial charge >= 0.3 is 0 Å². The maximum absolute atomic E-state index is 13.6. The van der Waals surface area contributed by atoms with Crippen LogP contribution >= 0.6 is 0 Å². The largest absolute Gasteiger partial charge is 0.361 e. The lowest BCUT2D eigenvalue weighted by Crippen LogP contribution is -2.59. The van der Waals surface area contributed by atoms with E-state index in [9.17, 15) is 28.8 Å². The molecular weight excluding hydrogens is 638 g/mol. The van der Waals surface area contributed by atoms with E-state index in [1.54, 1.807) is 13.8 Å². The number of amides is 6. The molecular formula is C37H49N7O6. The first-order valence-corrected chi connectivity index (χ1v) is 17.2. The van der Waals surface area contributed by atoms with Crippen molar-refractivity contribution < 1.29 is 28.8 Å². The first-order chi connectivity index (χ1) is 23.9. The minimum atomic E-state index is -1.05. The van der Waals surface area contributed by atoms with Gasteiger partial charge < -0.3 is 36.5 Å². The topological polar surface area (TPSA) is 182 Å². The highest BCUT2D eigenvalue weighted by atomic mass is 16.2. The van der Waals surface area contributed by atoms with E-state index in [0.717, 1.165) is 22.0 Å². The molecule has 13 heteroatoms. The fourth-order valence-electron chi connectivity index (χ4n) is 5.97. The molecule has 3 aromatic rings. The molecule has 13 nitrogen and oxygen atoms in total. The number of aryl methyl sites for hydroxylation is 1. The molecule has 0 saturated carbocycles. The van der Waals surface area contributed by atoms with Crippen LogP contribution in [0.4, 0.5) is 0 Å². The monoisotopic (exact) mass is 687 g/mol. The molecule has 0 bridgehead atoms. The third-order valence-corrected chi connectivity index (χ3v) is 8.82. The number of nitrogens with zero attached hydrogens (tertiary/aromatic N) is 1. The molecule has 1 aromatic heterocycles. The van der Waals surface area contributed by atoms with Gasteiger partial charge in [0, 0.05) is 43.5 Å². The van der Waals surface area contributed by atoms with Crippen LogP contribution in [0.1, 0.15) is 57.6 Å². The van der Waals surface area contributed by atoms with Gasteiger partial charge in [-0.2, -0.15) is 0 Å². The average Bonchev–Trinajstić information content (AvgIpc) is 3.50. The zero-order valence-electron chi connectivity index (χ0n) is 29.2. The van der Waals surface area contributed by atoms with Crippen molar-refractivity contribution in [2.24, 2.45) is 5.92 Å². The predicted molar refractivity (Wildman–Crippen MR) is 189 cm³/mol. The number of carbonyl (C=O) groups is 6. The Morgan fingerprint density at radius 3 is 2.38 bits per heavy atom. The van der Waals surface area contributed by atoms with Crippen LogP contribution in [0.3, 0.4) is 0 Å². The molecule has 1 aliphatic rings. The first kappa shape index (κ1) is 37.6. The summed E-state index contributed by atoms with van der Waals surface area (Å²) in [6.07, 6.45) is 4.08. The normalized spacial score (nSPS) is 21.9. The van der Waals surface area contributed by atoms with Crippen LogP contribution in [0.2, 0.25) is 0 Å². The highest BCUT2D eigenvalue weighted by Gasteiger charge is 2.32. The predicted octanol–water partition coefficient (Wildman–Crippen LogP) is 1.72. The van der Waals surface area contributed by atoms with E-state index in [-0.39, 0.29) is 44.2 Å². The first-order valence-electron chi connectivity index (χ1n) is 17.2. The van der Waals surface area contributed by atoms with E-state index < -0.39 is 53.7 Å². The fourth-order valence-corrected chi connectivity index (χ4v) is 5.97. The molecule has 6 amide bonds. The average molecular weight is 688 g/mol. The van der Waals surface area contributed by atoms with Gasteiger partial charge in [-0.1, -0.05) is 62.4 Å². The zero-order chi connectivity index (χ0) is 36.2. The molecule has 6 N–H and O–H groups in total. The van der Waals surface area contributed by atoms with Crippen LogP contribution < -0.4 is 26.6 Å². The Labute approximate surface area is 292 Å². The second-order valence-corrected chi connectivity index (χ2v) is 13.2. The zero-order valence-corrected chi connectivity index (χ0v) is 29.2. The molecule has 4 atom stereocenters. The molecule has 50 heavy (non-hydrogen) atoms. The minimum Gasteiger partial charge on any atom is -0.361 e. The van der Waals surface area contributed by atoms with E-state index in [1.165, 1.54) is 18.9 Å². The van der Waals surface area contributed by atoms with Gasteiger partial charge in [0.15, 0.2) is 0 Å². The second-order valence-electron chi connectivity index (χ2n) is 13.2. The van der Waals surface area contributed by atoms with Gasteiger partial charge in [0.25, 0.3) is 0 Å². The standard InChI is InChI=1S/C37H49N7O6/c1-23(2)33-36(49)40-24(3)34(47)42-30(20-25-12-6-5-7-13-25)37(50)44(4)22-32(46)38-19-11-17-29(35(48)43-33)41-31(45)18-10-14-26-21-39-28-16-9-8-15-27(26)28/h5-9,12-13,15-16,21,23-24,29-30,33,39H,10-11,14,17-20,22H2,1-4H3,(H,38,46)(H,40,49)(H,41,45)(H,42,47)(H,43,48)/t24-,29+,30+,33-/m1/s1. The molecule has 4 rings (SSSR count). The molecule has 0 spiro atoms. The van der Waals surface area contributed by atoms with Gasteiger partial charge in [0.05, 0.1) is 6.54 Å². The molecule has 0 unspecified atom stereocenters. The number of para-hydroxylation sites is 1. The van der Waals surface area contributed by atoms with Gasteiger partial charge in [0.1, 0.15) is 24.2 Å². The fraction of sp³-hybridized carbons (Fsp3) is 0.459. The summed E-state index contributed by atoms with van der Waals surface area (Å²) in [5, 5.41) is 14.9. The van der Waals surface area contributed by atoms with Crippen molar-refractivity contribution in [1.82, 2.24) is 36.5 Å². The molecule has 0 radical (unpaired) electrons. The minimum absolute atomic E-state index is 0.179. The third-order valence-electron chi connectivity index (χ3n) is 8.82. The summed E-state index contributed by atoms with van der Waals surface area (Å²) in [4.78, 5) is 84.2. The Balaban J connectivity index is 1.46. The van der Waals surface area contributed by atoms with Crippen LogP contribution in [0, 0.1) is 5.92 Å². The summed E-state index contributed by atoms with van der Waals surface area (Å²) >= 11 is 0. The summed E-state index contributed by atoms with van der Waals surface area (Å²) in [5.74, 6) is -3.24. The number of hydrogen-bond donors (Lipinski definition) is 6. The van der Waals surface area contributed by atoms with Crippen LogP contribution in [0.15, 0.2) is 60.8 Å². The molecule has 268 valence electrons. The lowest BCUT2D eigenvalue weighted by molar-refractivity contribution is -0.139. The maximum atomic E-state index is 13.6. The van der Waals surface area contributed by atoms with Crippen molar-refractivity contribution in [2.45, 2.75) is 83.5 Å². The Kier molecular flexibility index (Phi) is 13.5. The number of H-pyrrole nitrogens is 1. The molecule has 0 aliphatic carbocycles. The Morgan fingerprint density at radius 1 is 0.920 bits per heavy atom. The molecule has 1 saturated heterocycles. The van der Waals surface area contributed by atoms with Gasteiger partial charge in [-0.25, -0.2) is 0 Å². The van der Waals surface area contributed by atoms with Crippen molar-refractivity contribution >= 4 is 46.3 Å². The number of carbonyl (C=O) groups excluding carboxylic acids is 6. The summed E-state index contributed by atoms with van der Waals surface area (Å²) in [7, 11) is 1.48. The number of nitrogens with one attached hydrogen (secondary N) is 6. The number of fused-ring (bicyclic) bond motifs is 1. The van der Waals surface area contributed by atoms with Crippen LogP contribution in [0.5, 0.6) is 0 Å². The van der Waals surface area contributed by atoms with Gasteiger partial charge in [0.2, 0.25) is 35.4 Å². The lowest BCUT2D eigenvalue weighted by atomic mass is 10.0. The van der Waals surface area contributed by atoms with E-state index in [4.69, 9.17) is 0 Å². The maximum Gasteiger partial charge on any atom is 0.245 e. The molecule has 2 heterocycles. The van der Waals surface area contributed by atoms with E-state index in [0.29, 0.717) is 19.3 Å². The Hall–Kier alpha value is -5.20. The third kappa shape index (κ3) is 10.6. The van der Waals surface area contributed by atoms with Gasteiger partial charge in [-0.05, 0) is 55.7 Å². The number of rotatable bonds is 8. The van der Waals surface area contributed by atoms with Crippen molar-refractivity contribution in [3.63, 3.8) is 0 Å². The Bertz CT molecular complexity index is 1660. The van der Waals surface area contributed by atoms with Gasteiger partial charge in [-0.15, -0.1) is 0 Å².